The van der Waals surface area contributed by atoms with Crippen molar-refractivity contribution in [2.75, 3.05) is 33.2 Å². The van der Waals surface area contributed by atoms with Crippen molar-refractivity contribution >= 4 is 0 Å². The summed E-state index contributed by atoms with van der Waals surface area (Å²) in [7, 11) is 1.89. The topological polar surface area (TPSA) is 167 Å². The van der Waals surface area contributed by atoms with E-state index in [1.807, 2.05) is 19.2 Å². The predicted molar refractivity (Wildman–Crippen MR) is 159 cm³/mol. The van der Waals surface area contributed by atoms with Gasteiger partial charge in [-0.3, -0.25) is 0 Å². The molecule has 0 amide bonds. The fourth-order valence-electron chi connectivity index (χ4n) is 5.55. The second-order valence-corrected chi connectivity index (χ2v) is 12.3. The third kappa shape index (κ3) is 9.43. The molecule has 0 aromatic rings. The molecular weight excluding hydrogens is 510 g/mol. The van der Waals surface area contributed by atoms with Crippen LogP contribution in [0.2, 0.25) is 0 Å². The van der Waals surface area contributed by atoms with Crippen molar-refractivity contribution in [3.05, 3.63) is 45.0 Å². The maximum Gasteiger partial charge on any atom is 0.135 e. The molecule has 0 aromatic carbocycles. The molecule has 0 aromatic heterocycles. The Bertz CT molecular complexity index is 1270. The summed E-state index contributed by atoms with van der Waals surface area (Å²) in [6, 6.07) is 10.3. The SMILES string of the molecule is CNCCNC1=C(NCCCCCCNC2=C(C#N)C(=C(C#N)C#N)CC(C)(C)C2)CC(C)(C)CC1=C(C#N)C#N. The summed E-state index contributed by atoms with van der Waals surface area (Å²) >= 11 is 0. The number of nitrogens with one attached hydrogen (secondary N) is 4. The highest BCUT2D eigenvalue weighted by Crippen LogP contribution is 2.42. The lowest BCUT2D eigenvalue weighted by Gasteiger charge is -2.36. The molecule has 9 heteroatoms. The normalized spacial score (nSPS) is 17.4. The van der Waals surface area contributed by atoms with E-state index < -0.39 is 0 Å². The average molecular weight is 554 g/mol. The summed E-state index contributed by atoms with van der Waals surface area (Å²) in [5.74, 6) is 0. The highest BCUT2D eigenvalue weighted by atomic mass is 15.0. The van der Waals surface area contributed by atoms with Gasteiger partial charge in [0.05, 0.1) is 11.3 Å². The van der Waals surface area contributed by atoms with Crippen molar-refractivity contribution in [3.63, 3.8) is 0 Å². The van der Waals surface area contributed by atoms with Crippen LogP contribution >= 0.6 is 0 Å². The minimum Gasteiger partial charge on any atom is -0.387 e. The molecule has 0 radical (unpaired) electrons. The molecule has 0 spiro atoms. The van der Waals surface area contributed by atoms with Crippen LogP contribution in [0, 0.1) is 67.5 Å². The molecule has 0 aliphatic heterocycles. The van der Waals surface area contributed by atoms with Gasteiger partial charge in [-0.15, -0.1) is 0 Å². The molecule has 9 nitrogen and oxygen atoms in total. The second-order valence-electron chi connectivity index (χ2n) is 12.3. The number of allylic oxidation sites excluding steroid dienone is 7. The number of rotatable bonds is 13. The molecule has 0 saturated heterocycles. The Kier molecular flexibility index (Phi) is 12.5. The first-order valence-corrected chi connectivity index (χ1v) is 14.4. The van der Waals surface area contributed by atoms with Crippen LogP contribution in [-0.4, -0.2) is 33.2 Å². The average Bonchev–Trinajstić information content (AvgIpc) is 2.92. The molecule has 216 valence electrons. The van der Waals surface area contributed by atoms with Gasteiger partial charge in [0.15, 0.2) is 0 Å². The minimum atomic E-state index is -0.137. The van der Waals surface area contributed by atoms with E-state index >= 15 is 0 Å². The predicted octanol–water partition coefficient (Wildman–Crippen LogP) is 4.85. The molecular formula is C32H43N9. The Balaban J connectivity index is 1.98. The van der Waals surface area contributed by atoms with Gasteiger partial charge < -0.3 is 21.3 Å². The second kappa shape index (κ2) is 15.5. The fourth-order valence-corrected chi connectivity index (χ4v) is 5.55. The molecule has 41 heavy (non-hydrogen) atoms. The van der Waals surface area contributed by atoms with Gasteiger partial charge in [-0.05, 0) is 56.4 Å². The molecule has 0 unspecified atom stereocenters. The van der Waals surface area contributed by atoms with Gasteiger partial charge in [-0.25, -0.2) is 0 Å². The molecule has 2 aliphatic rings. The van der Waals surface area contributed by atoms with Crippen LogP contribution in [0.4, 0.5) is 0 Å². The van der Waals surface area contributed by atoms with Crippen LogP contribution in [0.1, 0.15) is 79.1 Å². The van der Waals surface area contributed by atoms with Crippen molar-refractivity contribution in [1.82, 2.24) is 21.3 Å². The van der Waals surface area contributed by atoms with Gasteiger partial charge in [-0.2, -0.15) is 26.3 Å². The number of hydrogen-bond donors (Lipinski definition) is 4. The zero-order valence-corrected chi connectivity index (χ0v) is 25.2. The van der Waals surface area contributed by atoms with Crippen molar-refractivity contribution in [1.29, 1.82) is 26.3 Å². The molecule has 0 fully saturated rings. The van der Waals surface area contributed by atoms with E-state index in [1.54, 1.807) is 0 Å². The van der Waals surface area contributed by atoms with Crippen LogP contribution < -0.4 is 21.3 Å². The Hall–Kier alpha value is -4.23. The first-order valence-electron chi connectivity index (χ1n) is 14.4. The number of hydrogen-bond acceptors (Lipinski definition) is 9. The van der Waals surface area contributed by atoms with Crippen molar-refractivity contribution in [2.24, 2.45) is 10.8 Å². The van der Waals surface area contributed by atoms with Crippen molar-refractivity contribution in [3.8, 4) is 30.3 Å². The standard InChI is InChI=1S/C32H43N9/c1-31(2)14-25(23(18-33)19-34)27(22-37)28(16-31)39-10-8-6-7-9-11-40-29-17-32(3,4)15-26(24(20-35)21-36)30(29)41-13-12-38-5/h38-41H,6-17H2,1-5H3. The molecule has 4 N–H and O–H groups in total. The van der Waals surface area contributed by atoms with Crippen LogP contribution in [0.3, 0.4) is 0 Å². The van der Waals surface area contributed by atoms with E-state index in [4.69, 9.17) is 0 Å². The summed E-state index contributed by atoms with van der Waals surface area (Å²) in [5.41, 5.74) is 4.57. The molecule has 2 rings (SSSR count). The summed E-state index contributed by atoms with van der Waals surface area (Å²) in [6.45, 7) is 11.5. The number of nitriles is 5. The van der Waals surface area contributed by atoms with Gasteiger partial charge in [0, 0.05) is 48.7 Å². The maximum absolute atomic E-state index is 9.78. The highest BCUT2D eigenvalue weighted by Gasteiger charge is 2.33. The van der Waals surface area contributed by atoms with Gasteiger partial charge in [-0.1, -0.05) is 40.5 Å². The fraction of sp³-hybridized carbons (Fsp3) is 0.594. The van der Waals surface area contributed by atoms with Crippen molar-refractivity contribution in [2.45, 2.75) is 79.1 Å². The Morgan fingerprint density at radius 2 is 1.10 bits per heavy atom. The molecule has 0 bridgehead atoms. The Labute approximate surface area is 245 Å². The van der Waals surface area contributed by atoms with Crippen LogP contribution in [-0.2, 0) is 0 Å². The lowest BCUT2D eigenvalue weighted by Crippen LogP contribution is -2.35. The highest BCUT2D eigenvalue weighted by molar-refractivity contribution is 5.57. The lowest BCUT2D eigenvalue weighted by atomic mass is 9.73. The zero-order chi connectivity index (χ0) is 30.5. The monoisotopic (exact) mass is 553 g/mol. The maximum atomic E-state index is 9.78. The zero-order valence-electron chi connectivity index (χ0n) is 25.2. The largest absolute Gasteiger partial charge is 0.387 e. The van der Waals surface area contributed by atoms with E-state index in [2.05, 4.69) is 67.2 Å². The van der Waals surface area contributed by atoms with Gasteiger partial charge in [0.2, 0.25) is 0 Å². The summed E-state index contributed by atoms with van der Waals surface area (Å²) in [6.07, 6.45) is 6.74. The van der Waals surface area contributed by atoms with Crippen LogP contribution in [0.5, 0.6) is 0 Å². The van der Waals surface area contributed by atoms with E-state index in [9.17, 15) is 26.3 Å². The summed E-state index contributed by atoms with van der Waals surface area (Å²) in [5, 5.41) is 61.3. The van der Waals surface area contributed by atoms with Gasteiger partial charge >= 0.3 is 0 Å². The van der Waals surface area contributed by atoms with E-state index in [0.29, 0.717) is 37.0 Å². The quantitative estimate of drug-likeness (QED) is 0.184. The lowest BCUT2D eigenvalue weighted by molar-refractivity contribution is 0.331. The molecule has 2 aliphatic carbocycles. The summed E-state index contributed by atoms with van der Waals surface area (Å²) < 4.78 is 0. The summed E-state index contributed by atoms with van der Waals surface area (Å²) in [4.78, 5) is 0. The van der Waals surface area contributed by atoms with Crippen LogP contribution in [0.25, 0.3) is 0 Å². The third-order valence-corrected chi connectivity index (χ3v) is 7.45. The molecule has 0 saturated carbocycles. The first kappa shape index (κ1) is 33.0. The Morgan fingerprint density at radius 1 is 0.610 bits per heavy atom. The first-order chi connectivity index (χ1) is 19.6. The third-order valence-electron chi connectivity index (χ3n) is 7.45. The van der Waals surface area contributed by atoms with Crippen LogP contribution in [0.15, 0.2) is 45.0 Å². The number of likely N-dealkylation sites (N-methyl/N-ethyl adjacent to an activating group) is 1. The van der Waals surface area contributed by atoms with E-state index in [-0.39, 0.29) is 22.0 Å². The number of nitrogens with zero attached hydrogens (tertiary/aromatic N) is 5. The van der Waals surface area contributed by atoms with Crippen molar-refractivity contribution < 1.29 is 0 Å². The smallest absolute Gasteiger partial charge is 0.135 e. The Morgan fingerprint density at radius 3 is 1.61 bits per heavy atom. The molecule has 0 heterocycles. The van der Waals surface area contributed by atoms with E-state index in [0.717, 1.165) is 74.4 Å². The van der Waals surface area contributed by atoms with Gasteiger partial charge in [0.25, 0.3) is 0 Å². The minimum absolute atomic E-state index is 0.0251. The molecule has 0 atom stereocenters. The number of unbranched alkanes of at least 4 members (excludes halogenated alkanes) is 3. The van der Waals surface area contributed by atoms with Gasteiger partial charge in [0.1, 0.15) is 41.5 Å². The van der Waals surface area contributed by atoms with E-state index in [1.165, 1.54) is 0 Å².